The van der Waals surface area contributed by atoms with Crippen LogP contribution in [0.4, 0.5) is 11.4 Å². The molecule has 0 fully saturated rings. The lowest BCUT2D eigenvalue weighted by Gasteiger charge is -2.13. The number of aromatic nitrogens is 1. The van der Waals surface area contributed by atoms with Gasteiger partial charge in [0, 0.05) is 30.6 Å². The highest BCUT2D eigenvalue weighted by Gasteiger charge is 2.05. The van der Waals surface area contributed by atoms with Crippen molar-refractivity contribution in [2.45, 2.75) is 0 Å². The SMILES string of the molecule is CN(C)c1ccc2cc3ccc(N(N)C#N)cc3nc2c1. The van der Waals surface area contributed by atoms with Crippen molar-refractivity contribution >= 4 is 33.2 Å². The van der Waals surface area contributed by atoms with Crippen molar-refractivity contribution in [1.29, 1.82) is 5.26 Å². The second kappa shape index (κ2) is 4.93. The first-order valence-corrected chi connectivity index (χ1v) is 6.55. The second-order valence-corrected chi connectivity index (χ2v) is 5.11. The molecule has 3 rings (SSSR count). The normalized spacial score (nSPS) is 10.6. The molecule has 104 valence electrons. The molecule has 5 nitrogen and oxygen atoms in total. The molecule has 0 saturated carbocycles. The predicted octanol–water partition coefficient (Wildman–Crippen LogP) is 2.62. The molecule has 0 aliphatic heterocycles. The van der Waals surface area contributed by atoms with Crippen molar-refractivity contribution in [1.82, 2.24) is 4.98 Å². The van der Waals surface area contributed by atoms with E-state index in [1.165, 1.54) is 0 Å². The minimum Gasteiger partial charge on any atom is -0.378 e. The van der Waals surface area contributed by atoms with Crippen LogP contribution >= 0.6 is 0 Å². The van der Waals surface area contributed by atoms with Gasteiger partial charge in [0.2, 0.25) is 0 Å². The van der Waals surface area contributed by atoms with E-state index in [-0.39, 0.29) is 0 Å². The maximum atomic E-state index is 8.85. The Morgan fingerprint density at radius 2 is 1.52 bits per heavy atom. The number of hydrogen-bond donors (Lipinski definition) is 1. The summed E-state index contributed by atoms with van der Waals surface area (Å²) in [6, 6.07) is 13.8. The molecule has 1 heterocycles. The third kappa shape index (κ3) is 2.33. The number of benzene rings is 2. The van der Waals surface area contributed by atoms with Crippen molar-refractivity contribution in [3.05, 3.63) is 42.5 Å². The molecule has 3 aromatic rings. The summed E-state index contributed by atoms with van der Waals surface area (Å²) in [5.74, 6) is 5.60. The van der Waals surface area contributed by atoms with E-state index in [0.717, 1.165) is 32.5 Å². The number of rotatable bonds is 2. The minimum atomic E-state index is 0.626. The lowest BCUT2D eigenvalue weighted by atomic mass is 10.1. The lowest BCUT2D eigenvalue weighted by molar-refractivity contribution is 1.09. The number of hydrazine groups is 1. The van der Waals surface area contributed by atoms with Gasteiger partial charge in [-0.1, -0.05) is 12.1 Å². The van der Waals surface area contributed by atoms with Crippen LogP contribution in [-0.2, 0) is 0 Å². The van der Waals surface area contributed by atoms with Crippen LogP contribution in [0.1, 0.15) is 0 Å². The first-order chi connectivity index (χ1) is 10.1. The summed E-state index contributed by atoms with van der Waals surface area (Å²) in [5, 5.41) is 12.0. The van der Waals surface area contributed by atoms with Crippen LogP contribution in [-0.4, -0.2) is 19.1 Å². The number of anilines is 2. The van der Waals surface area contributed by atoms with Gasteiger partial charge >= 0.3 is 0 Å². The molecule has 0 aliphatic carbocycles. The van der Waals surface area contributed by atoms with Crippen molar-refractivity contribution < 1.29 is 0 Å². The average Bonchev–Trinajstić information content (AvgIpc) is 2.50. The monoisotopic (exact) mass is 277 g/mol. The van der Waals surface area contributed by atoms with Gasteiger partial charge in [0.25, 0.3) is 0 Å². The Hall–Kier alpha value is -2.84. The number of fused-ring (bicyclic) bond motifs is 2. The second-order valence-electron chi connectivity index (χ2n) is 5.11. The molecule has 0 unspecified atom stereocenters. The highest BCUT2D eigenvalue weighted by atomic mass is 15.4. The fraction of sp³-hybridized carbons (Fsp3) is 0.125. The quantitative estimate of drug-likeness (QED) is 0.256. The Kier molecular flexibility index (Phi) is 3.09. The van der Waals surface area contributed by atoms with E-state index in [9.17, 15) is 0 Å². The van der Waals surface area contributed by atoms with Crippen LogP contribution in [0, 0.1) is 11.5 Å². The van der Waals surface area contributed by atoms with E-state index in [1.807, 2.05) is 49.5 Å². The molecule has 0 atom stereocenters. The van der Waals surface area contributed by atoms with Crippen molar-refractivity contribution in [2.24, 2.45) is 5.84 Å². The van der Waals surface area contributed by atoms with Gasteiger partial charge in [0.05, 0.1) is 16.7 Å². The lowest BCUT2D eigenvalue weighted by Crippen LogP contribution is -2.24. The summed E-state index contributed by atoms with van der Waals surface area (Å²) >= 11 is 0. The maximum absolute atomic E-state index is 8.85. The summed E-state index contributed by atoms with van der Waals surface area (Å²) < 4.78 is 0. The van der Waals surface area contributed by atoms with Crippen LogP contribution in [0.25, 0.3) is 21.8 Å². The Morgan fingerprint density at radius 3 is 2.10 bits per heavy atom. The Labute approximate surface area is 122 Å². The number of hydrogen-bond acceptors (Lipinski definition) is 5. The van der Waals surface area contributed by atoms with Crippen LogP contribution in [0.3, 0.4) is 0 Å². The van der Waals surface area contributed by atoms with E-state index in [1.54, 1.807) is 0 Å². The summed E-state index contributed by atoms with van der Waals surface area (Å²) in [7, 11) is 4.00. The molecule has 0 saturated heterocycles. The highest BCUT2D eigenvalue weighted by Crippen LogP contribution is 2.25. The highest BCUT2D eigenvalue weighted by molar-refractivity contribution is 5.95. The van der Waals surface area contributed by atoms with Gasteiger partial charge in [-0.15, -0.1) is 0 Å². The number of nitrogens with zero attached hydrogens (tertiary/aromatic N) is 4. The molecule has 0 aliphatic rings. The maximum Gasteiger partial charge on any atom is 0.200 e. The predicted molar refractivity (Wildman–Crippen MR) is 85.9 cm³/mol. The van der Waals surface area contributed by atoms with Gasteiger partial charge in [-0.05, 0) is 30.3 Å². The molecule has 0 spiro atoms. The van der Waals surface area contributed by atoms with Gasteiger partial charge < -0.3 is 4.90 Å². The molecule has 2 N–H and O–H groups in total. The minimum absolute atomic E-state index is 0.626. The number of nitriles is 1. The zero-order chi connectivity index (χ0) is 15.0. The summed E-state index contributed by atoms with van der Waals surface area (Å²) in [4.78, 5) is 6.72. The fourth-order valence-electron chi connectivity index (χ4n) is 2.28. The van der Waals surface area contributed by atoms with Crippen molar-refractivity contribution in [3.8, 4) is 6.19 Å². The summed E-state index contributed by atoms with van der Waals surface area (Å²) in [5.41, 5.74) is 3.47. The van der Waals surface area contributed by atoms with E-state index in [2.05, 4.69) is 23.2 Å². The third-order valence-corrected chi connectivity index (χ3v) is 3.48. The number of nitrogens with two attached hydrogens (primary N) is 1. The van der Waals surface area contributed by atoms with Gasteiger partial charge in [0.15, 0.2) is 6.19 Å². The smallest absolute Gasteiger partial charge is 0.200 e. The van der Waals surface area contributed by atoms with Gasteiger partial charge in [0.1, 0.15) is 0 Å². The van der Waals surface area contributed by atoms with E-state index in [4.69, 9.17) is 11.1 Å². The van der Waals surface area contributed by atoms with E-state index < -0.39 is 0 Å². The zero-order valence-corrected chi connectivity index (χ0v) is 11.9. The Morgan fingerprint density at radius 1 is 0.952 bits per heavy atom. The first kappa shape index (κ1) is 13.2. The van der Waals surface area contributed by atoms with Crippen LogP contribution in [0.2, 0.25) is 0 Å². The van der Waals surface area contributed by atoms with Crippen LogP contribution in [0.5, 0.6) is 0 Å². The van der Waals surface area contributed by atoms with Gasteiger partial charge in [-0.3, -0.25) is 0 Å². The fourth-order valence-corrected chi connectivity index (χ4v) is 2.28. The first-order valence-electron chi connectivity index (χ1n) is 6.55. The zero-order valence-electron chi connectivity index (χ0n) is 11.9. The average molecular weight is 277 g/mol. The van der Waals surface area contributed by atoms with E-state index in [0.29, 0.717) is 5.69 Å². The van der Waals surface area contributed by atoms with Crippen molar-refractivity contribution in [2.75, 3.05) is 24.0 Å². The van der Waals surface area contributed by atoms with Crippen LogP contribution < -0.4 is 15.8 Å². The molecule has 21 heavy (non-hydrogen) atoms. The molecular formula is C16H15N5. The van der Waals surface area contributed by atoms with E-state index >= 15 is 0 Å². The summed E-state index contributed by atoms with van der Waals surface area (Å²) in [6.07, 6.45) is 1.88. The molecule has 0 amide bonds. The topological polar surface area (TPSA) is 69.2 Å². The largest absolute Gasteiger partial charge is 0.378 e. The van der Waals surface area contributed by atoms with Crippen molar-refractivity contribution in [3.63, 3.8) is 0 Å². The van der Waals surface area contributed by atoms with Gasteiger partial charge in [-0.25, -0.2) is 15.8 Å². The molecule has 1 aromatic heterocycles. The molecular weight excluding hydrogens is 262 g/mol. The molecule has 2 aromatic carbocycles. The number of pyridine rings is 1. The Bertz CT molecular complexity index is 864. The van der Waals surface area contributed by atoms with Crippen LogP contribution in [0.15, 0.2) is 42.5 Å². The molecule has 5 heteroatoms. The Balaban J connectivity index is 2.22. The standard InChI is InChI=1S/C16H15N5/c1-20(2)13-5-3-11-7-12-4-6-14(21(18)10-17)9-16(12)19-15(11)8-13/h3-9H,18H2,1-2H3. The summed E-state index contributed by atoms with van der Waals surface area (Å²) in [6.45, 7) is 0. The third-order valence-electron chi connectivity index (χ3n) is 3.48. The molecule has 0 radical (unpaired) electrons. The molecule has 0 bridgehead atoms. The van der Waals surface area contributed by atoms with Gasteiger partial charge in [-0.2, -0.15) is 5.26 Å².